The van der Waals surface area contributed by atoms with Gasteiger partial charge in [-0.1, -0.05) is 36.3 Å². The molecule has 1 aromatic rings. The predicted octanol–water partition coefficient (Wildman–Crippen LogP) is 3.72. The Morgan fingerprint density at radius 1 is 1.12 bits per heavy atom. The maximum atomic E-state index is 3.47. The Balaban J connectivity index is 1.83. The maximum Gasteiger partial charge on any atom is 0.0211 e. The molecule has 0 amide bonds. The highest BCUT2D eigenvalue weighted by molar-refractivity contribution is 5.70. The van der Waals surface area contributed by atoms with Crippen LogP contribution in [0, 0.1) is 0 Å². The molecule has 3 rings (SSSR count). The van der Waals surface area contributed by atoms with Crippen LogP contribution >= 0.6 is 0 Å². The fraction of sp³-hybridized carbons (Fsp3) is 0.500. The van der Waals surface area contributed by atoms with Gasteiger partial charge in [-0.15, -0.1) is 0 Å². The summed E-state index contributed by atoms with van der Waals surface area (Å²) in [5, 5.41) is 3.47. The third kappa shape index (κ3) is 2.16. The van der Waals surface area contributed by atoms with Crippen LogP contribution in [0.15, 0.2) is 29.8 Å². The van der Waals surface area contributed by atoms with Gasteiger partial charge in [-0.2, -0.15) is 0 Å². The third-order valence-corrected chi connectivity index (χ3v) is 4.33. The van der Waals surface area contributed by atoms with Gasteiger partial charge in [0.25, 0.3) is 0 Å². The van der Waals surface area contributed by atoms with Crippen molar-refractivity contribution in [3.8, 4) is 0 Å². The van der Waals surface area contributed by atoms with Crippen molar-refractivity contribution < 1.29 is 0 Å². The number of rotatable bonds is 2. The second-order valence-electron chi connectivity index (χ2n) is 5.44. The molecule has 0 unspecified atom stereocenters. The highest BCUT2D eigenvalue weighted by Gasteiger charge is 2.19. The smallest absolute Gasteiger partial charge is 0.0211 e. The summed E-state index contributed by atoms with van der Waals surface area (Å²) in [6.07, 6.45) is 5.39. The summed E-state index contributed by atoms with van der Waals surface area (Å²) in [5.74, 6) is 0.851. The predicted molar refractivity (Wildman–Crippen MR) is 73.1 cm³/mol. The van der Waals surface area contributed by atoms with Crippen molar-refractivity contribution >= 4 is 5.57 Å². The molecular weight excluding hydrogens is 206 g/mol. The monoisotopic (exact) mass is 227 g/mol. The van der Waals surface area contributed by atoms with Crippen LogP contribution in [0.1, 0.15) is 49.7 Å². The fourth-order valence-corrected chi connectivity index (χ4v) is 2.84. The Hall–Kier alpha value is -1.08. The van der Waals surface area contributed by atoms with E-state index >= 15 is 0 Å². The topological polar surface area (TPSA) is 12.0 Å². The van der Waals surface area contributed by atoms with Crippen LogP contribution in [-0.2, 0) is 0 Å². The molecule has 1 aliphatic heterocycles. The Morgan fingerprint density at radius 2 is 1.88 bits per heavy atom. The van der Waals surface area contributed by atoms with E-state index in [1.165, 1.54) is 36.8 Å². The molecule has 1 aromatic carbocycles. The molecule has 0 radical (unpaired) electrons. The quantitative estimate of drug-likeness (QED) is 0.812. The Kier molecular flexibility index (Phi) is 3.02. The minimum absolute atomic E-state index is 0.851. The minimum atomic E-state index is 0.851. The van der Waals surface area contributed by atoms with E-state index < -0.39 is 0 Å². The number of hydrogen-bond donors (Lipinski definition) is 1. The lowest BCUT2D eigenvalue weighted by molar-refractivity contribution is 0.420. The Labute approximate surface area is 104 Å². The van der Waals surface area contributed by atoms with Gasteiger partial charge in [0.15, 0.2) is 0 Å². The standard InChI is InChI=1S/C16H21N/c1-12-9-10-17-11-16(12)15-7-5-14(6-8-15)13-3-2-4-13/h5-8,13,17H,2-4,9-11H2,1H3. The molecule has 1 N–H and O–H groups in total. The fourth-order valence-electron chi connectivity index (χ4n) is 2.84. The Morgan fingerprint density at radius 3 is 2.47 bits per heavy atom. The van der Waals surface area contributed by atoms with E-state index in [0.717, 1.165) is 19.0 Å². The molecule has 2 aliphatic rings. The molecule has 1 fully saturated rings. The van der Waals surface area contributed by atoms with Crippen LogP contribution in [-0.4, -0.2) is 13.1 Å². The number of nitrogens with one attached hydrogen (secondary N) is 1. The molecule has 1 heteroatoms. The molecule has 0 atom stereocenters. The first kappa shape index (κ1) is 11.0. The number of benzene rings is 1. The minimum Gasteiger partial charge on any atom is -0.312 e. The van der Waals surface area contributed by atoms with Crippen molar-refractivity contribution in [2.24, 2.45) is 0 Å². The second kappa shape index (κ2) is 4.66. The van der Waals surface area contributed by atoms with E-state index in [-0.39, 0.29) is 0 Å². The Bertz CT molecular complexity index is 423. The van der Waals surface area contributed by atoms with E-state index in [4.69, 9.17) is 0 Å². The summed E-state index contributed by atoms with van der Waals surface area (Å²) < 4.78 is 0. The van der Waals surface area contributed by atoms with Gasteiger partial charge < -0.3 is 5.32 Å². The average molecular weight is 227 g/mol. The van der Waals surface area contributed by atoms with Crippen molar-refractivity contribution in [2.45, 2.75) is 38.5 Å². The highest BCUT2D eigenvalue weighted by atomic mass is 14.9. The van der Waals surface area contributed by atoms with Gasteiger partial charge in [0.2, 0.25) is 0 Å². The lowest BCUT2D eigenvalue weighted by Gasteiger charge is -2.26. The van der Waals surface area contributed by atoms with Crippen molar-refractivity contribution in [3.05, 3.63) is 41.0 Å². The summed E-state index contributed by atoms with van der Waals surface area (Å²) in [7, 11) is 0. The summed E-state index contributed by atoms with van der Waals surface area (Å²) in [5.41, 5.74) is 6.02. The molecule has 17 heavy (non-hydrogen) atoms. The van der Waals surface area contributed by atoms with Crippen molar-refractivity contribution in [1.29, 1.82) is 0 Å². The van der Waals surface area contributed by atoms with Crippen LogP contribution in [0.4, 0.5) is 0 Å². The molecule has 0 saturated heterocycles. The van der Waals surface area contributed by atoms with Crippen molar-refractivity contribution in [3.63, 3.8) is 0 Å². The van der Waals surface area contributed by atoms with Crippen LogP contribution < -0.4 is 5.32 Å². The third-order valence-electron chi connectivity index (χ3n) is 4.33. The van der Waals surface area contributed by atoms with Gasteiger partial charge in [-0.3, -0.25) is 0 Å². The van der Waals surface area contributed by atoms with E-state index in [1.54, 1.807) is 11.1 Å². The zero-order chi connectivity index (χ0) is 11.7. The first-order chi connectivity index (χ1) is 8.34. The lowest BCUT2D eigenvalue weighted by atomic mass is 9.79. The van der Waals surface area contributed by atoms with E-state index in [0.29, 0.717) is 0 Å². The molecule has 0 spiro atoms. The van der Waals surface area contributed by atoms with Crippen LogP contribution in [0.3, 0.4) is 0 Å². The van der Waals surface area contributed by atoms with Crippen molar-refractivity contribution in [1.82, 2.24) is 5.32 Å². The first-order valence-corrected chi connectivity index (χ1v) is 6.84. The van der Waals surface area contributed by atoms with Gasteiger partial charge in [-0.25, -0.2) is 0 Å². The summed E-state index contributed by atoms with van der Waals surface area (Å²) in [6, 6.07) is 9.32. The summed E-state index contributed by atoms with van der Waals surface area (Å²) in [6.45, 7) is 4.44. The second-order valence-corrected chi connectivity index (χ2v) is 5.44. The van der Waals surface area contributed by atoms with Gasteiger partial charge in [0.1, 0.15) is 0 Å². The van der Waals surface area contributed by atoms with Crippen LogP contribution in [0.25, 0.3) is 5.57 Å². The van der Waals surface area contributed by atoms with Crippen LogP contribution in [0.5, 0.6) is 0 Å². The molecule has 0 bridgehead atoms. The molecule has 90 valence electrons. The molecule has 1 aliphatic carbocycles. The maximum absolute atomic E-state index is 3.47. The average Bonchev–Trinajstić information content (AvgIpc) is 2.29. The molecular formula is C16H21N. The van der Waals surface area contributed by atoms with E-state index in [1.807, 2.05) is 0 Å². The van der Waals surface area contributed by atoms with Gasteiger partial charge in [0.05, 0.1) is 0 Å². The van der Waals surface area contributed by atoms with Crippen LogP contribution in [0.2, 0.25) is 0 Å². The lowest BCUT2D eigenvalue weighted by Crippen LogP contribution is -2.23. The molecule has 1 heterocycles. The largest absolute Gasteiger partial charge is 0.312 e. The normalized spacial score (nSPS) is 21.5. The summed E-state index contributed by atoms with van der Waals surface area (Å²) >= 11 is 0. The highest BCUT2D eigenvalue weighted by Crippen LogP contribution is 2.36. The first-order valence-electron chi connectivity index (χ1n) is 6.84. The molecule has 1 saturated carbocycles. The van der Waals surface area contributed by atoms with Gasteiger partial charge in [0, 0.05) is 6.54 Å². The number of hydrogen-bond acceptors (Lipinski definition) is 1. The van der Waals surface area contributed by atoms with E-state index in [9.17, 15) is 0 Å². The molecule has 1 nitrogen and oxygen atoms in total. The van der Waals surface area contributed by atoms with E-state index in [2.05, 4.69) is 36.5 Å². The summed E-state index contributed by atoms with van der Waals surface area (Å²) in [4.78, 5) is 0. The molecule has 0 aromatic heterocycles. The van der Waals surface area contributed by atoms with Gasteiger partial charge in [-0.05, 0) is 55.3 Å². The van der Waals surface area contributed by atoms with Crippen molar-refractivity contribution in [2.75, 3.05) is 13.1 Å². The van der Waals surface area contributed by atoms with Gasteiger partial charge >= 0.3 is 0 Å². The zero-order valence-electron chi connectivity index (χ0n) is 10.6. The SMILES string of the molecule is CC1=C(c2ccc(C3CCC3)cc2)CNCC1. The zero-order valence-corrected chi connectivity index (χ0v) is 10.6.